The van der Waals surface area contributed by atoms with Gasteiger partial charge in [0.15, 0.2) is 12.2 Å². The Hall–Kier alpha value is -0.870. The van der Waals surface area contributed by atoms with Crippen molar-refractivity contribution in [1.29, 1.82) is 0 Å². The summed E-state index contributed by atoms with van der Waals surface area (Å²) in [5, 5.41) is 0.429. The fourth-order valence-electron chi connectivity index (χ4n) is 1.09. The molecular formula is C9H4BrClFNO. The zero-order valence-corrected chi connectivity index (χ0v) is 9.14. The molecule has 0 spiro atoms. The molecule has 0 aliphatic carbocycles. The molecule has 0 radical (unpaired) electrons. The zero-order chi connectivity index (χ0) is 10.1. The molecule has 0 saturated heterocycles. The van der Waals surface area contributed by atoms with Gasteiger partial charge in [-0.2, -0.15) is 0 Å². The second-order valence-electron chi connectivity index (χ2n) is 2.58. The Kier molecular flexibility index (Phi) is 2.56. The predicted octanol–water partition coefficient (Wildman–Crippen LogP) is 3.90. The van der Waals surface area contributed by atoms with Crippen LogP contribution in [0.1, 0.15) is 0 Å². The van der Waals surface area contributed by atoms with Crippen LogP contribution >= 0.6 is 27.5 Å². The van der Waals surface area contributed by atoms with E-state index in [1.54, 1.807) is 0 Å². The molecular weight excluding hydrogens is 272 g/mol. The standard InChI is InChI=1S/C9H4BrClFNO/c10-9-5(11)1-2-6(12)8(9)7-3-13-4-14-7/h1-4H. The molecule has 2 rings (SSSR count). The molecule has 1 aromatic heterocycles. The van der Waals surface area contributed by atoms with Crippen molar-refractivity contribution < 1.29 is 8.81 Å². The number of hydrogen-bond donors (Lipinski definition) is 0. The highest BCUT2D eigenvalue weighted by Crippen LogP contribution is 2.35. The molecule has 2 nitrogen and oxygen atoms in total. The average molecular weight is 276 g/mol. The Morgan fingerprint density at radius 3 is 2.86 bits per heavy atom. The van der Waals surface area contributed by atoms with Crippen molar-refractivity contribution in [3.05, 3.63) is 40.0 Å². The first kappa shape index (κ1) is 9.68. The zero-order valence-electron chi connectivity index (χ0n) is 6.80. The summed E-state index contributed by atoms with van der Waals surface area (Å²) in [5.41, 5.74) is 0.287. The van der Waals surface area contributed by atoms with Gasteiger partial charge in [0.25, 0.3) is 0 Å². The molecule has 0 N–H and O–H groups in total. The van der Waals surface area contributed by atoms with E-state index in [4.69, 9.17) is 16.0 Å². The van der Waals surface area contributed by atoms with E-state index in [-0.39, 0.29) is 5.56 Å². The van der Waals surface area contributed by atoms with Crippen molar-refractivity contribution in [2.45, 2.75) is 0 Å². The van der Waals surface area contributed by atoms with Crippen LogP contribution in [0.2, 0.25) is 5.02 Å². The summed E-state index contributed by atoms with van der Waals surface area (Å²) in [7, 11) is 0. The Morgan fingerprint density at radius 2 is 2.21 bits per heavy atom. The molecule has 0 saturated carbocycles. The van der Waals surface area contributed by atoms with Gasteiger partial charge < -0.3 is 4.42 Å². The van der Waals surface area contributed by atoms with E-state index >= 15 is 0 Å². The number of benzene rings is 1. The normalized spacial score (nSPS) is 10.5. The van der Waals surface area contributed by atoms with Crippen molar-refractivity contribution in [1.82, 2.24) is 4.98 Å². The minimum absolute atomic E-state index is 0.287. The summed E-state index contributed by atoms with van der Waals surface area (Å²) < 4.78 is 18.9. The van der Waals surface area contributed by atoms with E-state index < -0.39 is 5.82 Å². The monoisotopic (exact) mass is 275 g/mol. The Morgan fingerprint density at radius 1 is 1.43 bits per heavy atom. The lowest BCUT2D eigenvalue weighted by Crippen LogP contribution is -1.85. The highest BCUT2D eigenvalue weighted by atomic mass is 79.9. The molecule has 1 aromatic carbocycles. The average Bonchev–Trinajstić information content (AvgIpc) is 2.65. The minimum atomic E-state index is -0.405. The third-order valence-corrected chi connectivity index (χ3v) is 3.09. The van der Waals surface area contributed by atoms with E-state index in [9.17, 15) is 4.39 Å². The van der Waals surface area contributed by atoms with Gasteiger partial charge in [-0.3, -0.25) is 0 Å². The maximum absolute atomic E-state index is 13.4. The number of nitrogens with zero attached hydrogens (tertiary/aromatic N) is 1. The highest BCUT2D eigenvalue weighted by molar-refractivity contribution is 9.10. The van der Waals surface area contributed by atoms with Gasteiger partial charge in [0, 0.05) is 0 Å². The van der Waals surface area contributed by atoms with Crippen LogP contribution in [0, 0.1) is 5.82 Å². The predicted molar refractivity (Wildman–Crippen MR) is 54.6 cm³/mol. The van der Waals surface area contributed by atoms with Crippen LogP contribution in [0.15, 0.2) is 33.6 Å². The number of rotatable bonds is 1. The molecule has 0 bridgehead atoms. The van der Waals surface area contributed by atoms with Crippen molar-refractivity contribution in [2.75, 3.05) is 0 Å². The lowest BCUT2D eigenvalue weighted by atomic mass is 10.2. The maximum atomic E-state index is 13.4. The first-order valence-corrected chi connectivity index (χ1v) is 4.89. The van der Waals surface area contributed by atoms with E-state index in [0.717, 1.165) is 0 Å². The van der Waals surface area contributed by atoms with Gasteiger partial charge in [-0.25, -0.2) is 9.37 Å². The summed E-state index contributed by atoms with van der Waals surface area (Å²) in [5.74, 6) is -0.0603. The quantitative estimate of drug-likeness (QED) is 0.738. The molecule has 0 aliphatic rings. The first-order chi connectivity index (χ1) is 6.70. The Balaban J connectivity index is 2.69. The SMILES string of the molecule is Fc1ccc(Cl)c(Br)c1-c1cnco1. The Labute approximate surface area is 92.8 Å². The third kappa shape index (κ3) is 1.55. The molecule has 0 fully saturated rings. The highest BCUT2D eigenvalue weighted by Gasteiger charge is 2.14. The summed E-state index contributed by atoms with van der Waals surface area (Å²) >= 11 is 9.02. The molecule has 72 valence electrons. The van der Waals surface area contributed by atoms with Crippen LogP contribution in [0.3, 0.4) is 0 Å². The van der Waals surface area contributed by atoms with E-state index in [2.05, 4.69) is 20.9 Å². The summed E-state index contributed by atoms with van der Waals surface area (Å²) in [4.78, 5) is 3.71. The number of halogens is 3. The van der Waals surface area contributed by atoms with Gasteiger partial charge in [0.2, 0.25) is 0 Å². The fourth-order valence-corrected chi connectivity index (χ4v) is 1.77. The van der Waals surface area contributed by atoms with Gasteiger partial charge >= 0.3 is 0 Å². The molecule has 5 heteroatoms. The van der Waals surface area contributed by atoms with Crippen LogP contribution in [0.4, 0.5) is 4.39 Å². The van der Waals surface area contributed by atoms with Gasteiger partial charge in [-0.1, -0.05) is 11.6 Å². The summed E-state index contributed by atoms with van der Waals surface area (Å²) in [6.45, 7) is 0. The molecule has 0 amide bonds. The maximum Gasteiger partial charge on any atom is 0.181 e. The fraction of sp³-hybridized carbons (Fsp3) is 0. The van der Waals surface area contributed by atoms with Crippen molar-refractivity contribution >= 4 is 27.5 Å². The largest absolute Gasteiger partial charge is 0.443 e. The minimum Gasteiger partial charge on any atom is -0.443 e. The number of hydrogen-bond acceptors (Lipinski definition) is 2. The van der Waals surface area contributed by atoms with Crippen LogP contribution in [0.25, 0.3) is 11.3 Å². The van der Waals surface area contributed by atoms with Crippen molar-refractivity contribution in [2.24, 2.45) is 0 Å². The summed E-state index contributed by atoms with van der Waals surface area (Å²) in [6.07, 6.45) is 2.67. The smallest absolute Gasteiger partial charge is 0.181 e. The number of oxazole rings is 1. The summed E-state index contributed by atoms with van der Waals surface area (Å²) in [6, 6.07) is 2.76. The van der Waals surface area contributed by atoms with Crippen LogP contribution in [-0.4, -0.2) is 4.98 Å². The topological polar surface area (TPSA) is 26.0 Å². The molecule has 1 heterocycles. The van der Waals surface area contributed by atoms with Gasteiger partial charge in [0.05, 0.1) is 21.3 Å². The molecule has 0 aliphatic heterocycles. The number of aromatic nitrogens is 1. The Bertz CT molecular complexity index is 458. The van der Waals surface area contributed by atoms with Gasteiger partial charge in [0.1, 0.15) is 5.82 Å². The molecule has 14 heavy (non-hydrogen) atoms. The van der Waals surface area contributed by atoms with E-state index in [1.807, 2.05) is 0 Å². The third-order valence-electron chi connectivity index (χ3n) is 1.72. The second-order valence-corrected chi connectivity index (χ2v) is 3.78. The lowest BCUT2D eigenvalue weighted by Gasteiger charge is -2.03. The first-order valence-electron chi connectivity index (χ1n) is 3.72. The van der Waals surface area contributed by atoms with Gasteiger partial charge in [-0.05, 0) is 28.1 Å². The van der Waals surface area contributed by atoms with Crippen LogP contribution in [-0.2, 0) is 0 Å². The lowest BCUT2D eigenvalue weighted by molar-refractivity contribution is 0.561. The van der Waals surface area contributed by atoms with Crippen LogP contribution < -0.4 is 0 Å². The van der Waals surface area contributed by atoms with E-state index in [0.29, 0.717) is 15.3 Å². The second kappa shape index (κ2) is 3.71. The van der Waals surface area contributed by atoms with Crippen molar-refractivity contribution in [3.8, 4) is 11.3 Å². The van der Waals surface area contributed by atoms with Crippen LogP contribution in [0.5, 0.6) is 0 Å². The van der Waals surface area contributed by atoms with Crippen molar-refractivity contribution in [3.63, 3.8) is 0 Å². The van der Waals surface area contributed by atoms with E-state index in [1.165, 1.54) is 24.7 Å². The molecule has 0 atom stereocenters. The molecule has 0 unspecified atom stereocenters. The van der Waals surface area contributed by atoms with Gasteiger partial charge in [-0.15, -0.1) is 0 Å². The molecule has 2 aromatic rings.